The molecule has 3 aromatic rings. The molecule has 3 rings (SSSR count). The lowest BCUT2D eigenvalue weighted by atomic mass is 10.0. The fraction of sp³-hybridized carbons (Fsp3) is 0.364. The van der Waals surface area contributed by atoms with Gasteiger partial charge in [-0.05, 0) is 32.9 Å². The van der Waals surface area contributed by atoms with E-state index in [4.69, 9.17) is 5.26 Å². The van der Waals surface area contributed by atoms with Crippen LogP contribution in [0.1, 0.15) is 36.7 Å². The van der Waals surface area contributed by atoms with Crippen LogP contribution in [0.5, 0.6) is 0 Å². The number of halogens is 2. The molecule has 0 aliphatic carbocycles. The molecule has 10 heteroatoms. The standard InChI is InChI=1S/C22H24F2N6O2/c1-13(8-23)29-17-7-19(30-5-4-15-6-14(9-25)10-27-20(15)30)26-11-16(17)21(31)28-12-18(24)22(2,3)32/h4-7,10-11,13,18,32H,8,12H2,1-3H3,(H,26,29)(H,28,31)/t13-,18-/m1/s1. The SMILES string of the molecule is C[C@H](CF)Nc1cc(-n2ccc3cc(C#N)cnc32)ncc1C(=O)NC[C@@H](F)C(C)(C)O. The summed E-state index contributed by atoms with van der Waals surface area (Å²) in [5.74, 6) is -0.194. The lowest BCUT2D eigenvalue weighted by Gasteiger charge is -2.23. The van der Waals surface area contributed by atoms with Gasteiger partial charge in [0.1, 0.15) is 30.4 Å². The Morgan fingerprint density at radius 3 is 2.75 bits per heavy atom. The maximum Gasteiger partial charge on any atom is 0.255 e. The summed E-state index contributed by atoms with van der Waals surface area (Å²) in [6.45, 7) is 3.17. The van der Waals surface area contributed by atoms with E-state index in [9.17, 15) is 18.7 Å². The third-order valence-electron chi connectivity index (χ3n) is 4.88. The van der Waals surface area contributed by atoms with Gasteiger partial charge in [-0.3, -0.25) is 9.36 Å². The van der Waals surface area contributed by atoms with Crippen molar-refractivity contribution in [1.82, 2.24) is 19.9 Å². The normalized spacial score (nSPS) is 13.4. The Morgan fingerprint density at radius 2 is 2.09 bits per heavy atom. The molecule has 8 nitrogen and oxygen atoms in total. The van der Waals surface area contributed by atoms with Gasteiger partial charge in [-0.2, -0.15) is 5.26 Å². The molecule has 0 aliphatic rings. The largest absolute Gasteiger partial charge is 0.387 e. The van der Waals surface area contributed by atoms with E-state index in [1.165, 1.54) is 26.2 Å². The highest BCUT2D eigenvalue weighted by Crippen LogP contribution is 2.23. The zero-order chi connectivity index (χ0) is 23.5. The van der Waals surface area contributed by atoms with Gasteiger partial charge in [0.05, 0.1) is 35.0 Å². The molecule has 0 aliphatic heterocycles. The summed E-state index contributed by atoms with van der Waals surface area (Å²) in [6.07, 6.45) is 2.81. The number of nitriles is 1. The zero-order valence-electron chi connectivity index (χ0n) is 17.9. The minimum Gasteiger partial charge on any atom is -0.387 e. The van der Waals surface area contributed by atoms with Gasteiger partial charge in [-0.1, -0.05) is 0 Å². The highest BCUT2D eigenvalue weighted by molar-refractivity contribution is 5.99. The number of carbonyl (C=O) groups is 1. The van der Waals surface area contributed by atoms with Crippen LogP contribution in [-0.2, 0) is 0 Å². The van der Waals surface area contributed by atoms with Crippen LogP contribution in [0.3, 0.4) is 0 Å². The zero-order valence-corrected chi connectivity index (χ0v) is 17.9. The number of anilines is 1. The fourth-order valence-electron chi connectivity index (χ4n) is 2.98. The second kappa shape index (κ2) is 9.28. The minimum absolute atomic E-state index is 0.105. The van der Waals surface area contributed by atoms with Crippen molar-refractivity contribution < 1.29 is 18.7 Å². The number of rotatable bonds is 8. The predicted molar refractivity (Wildman–Crippen MR) is 116 cm³/mol. The van der Waals surface area contributed by atoms with Gasteiger partial charge in [0.2, 0.25) is 0 Å². The number of aliphatic hydroxyl groups is 1. The van der Waals surface area contributed by atoms with E-state index in [0.717, 1.165) is 5.39 Å². The van der Waals surface area contributed by atoms with Crippen LogP contribution >= 0.6 is 0 Å². The molecule has 3 aromatic heterocycles. The van der Waals surface area contributed by atoms with Crippen molar-refractivity contribution in [3.63, 3.8) is 0 Å². The predicted octanol–water partition coefficient (Wildman–Crippen LogP) is 2.90. The number of fused-ring (bicyclic) bond motifs is 1. The third-order valence-corrected chi connectivity index (χ3v) is 4.88. The van der Waals surface area contributed by atoms with Crippen LogP contribution in [0.2, 0.25) is 0 Å². The summed E-state index contributed by atoms with van der Waals surface area (Å²) in [4.78, 5) is 21.3. The number of nitrogens with one attached hydrogen (secondary N) is 2. The molecule has 0 unspecified atom stereocenters. The first-order chi connectivity index (χ1) is 15.1. The Kier molecular flexibility index (Phi) is 6.69. The lowest BCUT2D eigenvalue weighted by molar-refractivity contribution is -0.00177. The van der Waals surface area contributed by atoms with Gasteiger partial charge in [0, 0.05) is 30.0 Å². The first-order valence-electron chi connectivity index (χ1n) is 9.98. The van der Waals surface area contributed by atoms with Crippen molar-refractivity contribution in [2.75, 3.05) is 18.5 Å². The molecule has 0 spiro atoms. The number of amides is 1. The molecule has 168 valence electrons. The highest BCUT2D eigenvalue weighted by atomic mass is 19.1. The second-order valence-corrected chi connectivity index (χ2v) is 8.05. The van der Waals surface area contributed by atoms with Crippen LogP contribution in [0.15, 0.2) is 36.8 Å². The van der Waals surface area contributed by atoms with Crippen LogP contribution in [0, 0.1) is 11.3 Å². The van der Waals surface area contributed by atoms with E-state index in [1.807, 2.05) is 6.07 Å². The molecule has 3 N–H and O–H groups in total. The Balaban J connectivity index is 1.95. The summed E-state index contributed by atoms with van der Waals surface area (Å²) in [5.41, 5.74) is -0.206. The number of carbonyl (C=O) groups excluding carboxylic acids is 1. The summed E-state index contributed by atoms with van der Waals surface area (Å²) in [6, 6.07) is 6.50. The Bertz CT molecular complexity index is 1170. The molecular weight excluding hydrogens is 418 g/mol. The van der Waals surface area contributed by atoms with Gasteiger partial charge < -0.3 is 15.7 Å². The fourth-order valence-corrected chi connectivity index (χ4v) is 2.98. The second-order valence-electron chi connectivity index (χ2n) is 8.05. The first-order valence-corrected chi connectivity index (χ1v) is 9.98. The van der Waals surface area contributed by atoms with E-state index >= 15 is 0 Å². The van der Waals surface area contributed by atoms with Crippen molar-refractivity contribution in [3.05, 3.63) is 47.9 Å². The van der Waals surface area contributed by atoms with E-state index in [1.54, 1.807) is 35.9 Å². The summed E-state index contributed by atoms with van der Waals surface area (Å²) < 4.78 is 28.8. The molecule has 32 heavy (non-hydrogen) atoms. The number of pyridine rings is 2. The number of hydrogen-bond acceptors (Lipinski definition) is 6. The van der Waals surface area contributed by atoms with Crippen LogP contribution in [-0.4, -0.2) is 56.6 Å². The first kappa shape index (κ1) is 23.1. The van der Waals surface area contributed by atoms with E-state index < -0.39 is 36.9 Å². The monoisotopic (exact) mass is 442 g/mol. The molecule has 0 radical (unpaired) electrons. The van der Waals surface area contributed by atoms with E-state index in [0.29, 0.717) is 22.7 Å². The molecule has 3 heterocycles. The quantitative estimate of drug-likeness (QED) is 0.494. The number of hydrogen-bond donors (Lipinski definition) is 3. The Labute approximate surface area is 183 Å². The summed E-state index contributed by atoms with van der Waals surface area (Å²) in [7, 11) is 0. The lowest BCUT2D eigenvalue weighted by Crippen LogP contribution is -2.42. The average molecular weight is 442 g/mol. The smallest absolute Gasteiger partial charge is 0.255 e. The molecule has 0 aromatic carbocycles. The molecule has 0 saturated heterocycles. The van der Waals surface area contributed by atoms with Crippen LogP contribution in [0.4, 0.5) is 14.5 Å². The molecule has 2 atom stereocenters. The van der Waals surface area contributed by atoms with Crippen LogP contribution in [0.25, 0.3) is 16.9 Å². The molecule has 0 fully saturated rings. The van der Waals surface area contributed by atoms with Crippen molar-refractivity contribution in [1.29, 1.82) is 5.26 Å². The maximum atomic E-state index is 14.0. The van der Waals surface area contributed by atoms with Crippen molar-refractivity contribution >= 4 is 22.6 Å². The van der Waals surface area contributed by atoms with Crippen molar-refractivity contribution in [2.24, 2.45) is 0 Å². The third kappa shape index (κ3) is 5.00. The van der Waals surface area contributed by atoms with Gasteiger partial charge in [0.25, 0.3) is 5.91 Å². The van der Waals surface area contributed by atoms with Gasteiger partial charge in [-0.25, -0.2) is 18.7 Å². The highest BCUT2D eigenvalue weighted by Gasteiger charge is 2.27. The number of aromatic nitrogens is 3. The summed E-state index contributed by atoms with van der Waals surface area (Å²) in [5, 5.41) is 24.9. The van der Waals surface area contributed by atoms with Gasteiger partial charge in [-0.15, -0.1) is 0 Å². The van der Waals surface area contributed by atoms with Crippen molar-refractivity contribution in [3.8, 4) is 11.9 Å². The van der Waals surface area contributed by atoms with E-state index in [2.05, 4.69) is 20.6 Å². The molecular formula is C22H24F2N6O2. The van der Waals surface area contributed by atoms with Crippen LogP contribution < -0.4 is 10.6 Å². The van der Waals surface area contributed by atoms with E-state index in [-0.39, 0.29) is 5.56 Å². The van der Waals surface area contributed by atoms with Gasteiger partial charge in [0.15, 0.2) is 0 Å². The molecule has 1 amide bonds. The van der Waals surface area contributed by atoms with Crippen molar-refractivity contribution in [2.45, 2.75) is 38.6 Å². The van der Waals surface area contributed by atoms with Gasteiger partial charge >= 0.3 is 0 Å². The number of nitrogens with zero attached hydrogens (tertiary/aromatic N) is 4. The summed E-state index contributed by atoms with van der Waals surface area (Å²) >= 11 is 0. The minimum atomic E-state index is -1.67. The number of alkyl halides is 2. The average Bonchev–Trinajstić information content (AvgIpc) is 3.19. The molecule has 0 bridgehead atoms. The molecule has 0 saturated carbocycles. The maximum absolute atomic E-state index is 14.0. The topological polar surface area (TPSA) is 116 Å². The Morgan fingerprint density at radius 1 is 1.34 bits per heavy atom. The Hall–Kier alpha value is -3.58.